The first-order valence-corrected chi connectivity index (χ1v) is 16.7. The highest BCUT2D eigenvalue weighted by atomic mass is 35.5. The SMILES string of the molecule is Cc1ccc(CN(C(=O)CN(c2ccc(Cl)c(Cl)c2)S(=O)(=O)c2ccccc2)[C@@H](Cc2ccccc2)C(=O)NC(C)(C)C)cc1. The van der Waals surface area contributed by atoms with Gasteiger partial charge in [-0.05, 0) is 69.2 Å². The summed E-state index contributed by atoms with van der Waals surface area (Å²) < 4.78 is 29.1. The summed E-state index contributed by atoms with van der Waals surface area (Å²) in [5, 5.41) is 3.41. The molecule has 0 aliphatic heterocycles. The number of carbonyl (C=O) groups excluding carboxylic acids is 2. The molecule has 10 heteroatoms. The van der Waals surface area contributed by atoms with Crippen molar-refractivity contribution < 1.29 is 18.0 Å². The van der Waals surface area contributed by atoms with E-state index in [-0.39, 0.29) is 39.5 Å². The van der Waals surface area contributed by atoms with E-state index >= 15 is 0 Å². The average Bonchev–Trinajstić information content (AvgIpc) is 3.00. The van der Waals surface area contributed by atoms with Crippen LogP contribution in [0, 0.1) is 6.92 Å². The Hall–Kier alpha value is -3.85. The Balaban J connectivity index is 1.82. The molecule has 0 unspecified atom stereocenters. The zero-order valence-corrected chi connectivity index (χ0v) is 28.0. The van der Waals surface area contributed by atoms with Gasteiger partial charge in [-0.1, -0.05) is 102 Å². The molecule has 1 atom stereocenters. The van der Waals surface area contributed by atoms with Crippen LogP contribution >= 0.6 is 23.2 Å². The lowest BCUT2D eigenvalue weighted by atomic mass is 10.0. The number of anilines is 1. The van der Waals surface area contributed by atoms with Gasteiger partial charge in [0.15, 0.2) is 0 Å². The fraction of sp³-hybridized carbons (Fsp3) is 0.257. The maximum Gasteiger partial charge on any atom is 0.264 e. The topological polar surface area (TPSA) is 86.8 Å². The van der Waals surface area contributed by atoms with Gasteiger partial charge in [0.05, 0.1) is 20.6 Å². The van der Waals surface area contributed by atoms with Gasteiger partial charge in [-0.25, -0.2) is 8.42 Å². The van der Waals surface area contributed by atoms with Gasteiger partial charge in [0.1, 0.15) is 12.6 Å². The van der Waals surface area contributed by atoms with Crippen LogP contribution < -0.4 is 9.62 Å². The molecule has 0 radical (unpaired) electrons. The maximum absolute atomic E-state index is 14.5. The highest BCUT2D eigenvalue weighted by Crippen LogP contribution is 2.31. The number of benzene rings is 4. The Kier molecular flexibility index (Phi) is 11.0. The zero-order valence-electron chi connectivity index (χ0n) is 25.7. The Bertz CT molecular complexity index is 1730. The Morgan fingerprint density at radius 2 is 1.40 bits per heavy atom. The number of nitrogens with zero attached hydrogens (tertiary/aromatic N) is 2. The molecule has 0 aliphatic carbocycles. The standard InChI is InChI=1S/C35H37Cl2N3O4S/c1-25-15-17-27(18-16-25)23-39(32(34(42)38-35(2,3)4)21-26-11-7-5-8-12-26)33(41)24-40(28-19-20-30(36)31(37)22-28)45(43,44)29-13-9-6-10-14-29/h5-20,22,32H,21,23-24H2,1-4H3,(H,38,42)/t32-/m0/s1. The summed E-state index contributed by atoms with van der Waals surface area (Å²) in [7, 11) is -4.24. The van der Waals surface area contributed by atoms with Crippen LogP contribution in [0.1, 0.15) is 37.5 Å². The quantitative estimate of drug-likeness (QED) is 0.186. The van der Waals surface area contributed by atoms with Crippen LogP contribution in [-0.2, 0) is 32.6 Å². The van der Waals surface area contributed by atoms with E-state index in [0.29, 0.717) is 0 Å². The number of sulfonamides is 1. The Labute approximate surface area is 275 Å². The third-order valence-corrected chi connectivity index (χ3v) is 9.57. The molecule has 1 N–H and O–H groups in total. The molecule has 0 bridgehead atoms. The number of hydrogen-bond donors (Lipinski definition) is 1. The second-order valence-corrected chi connectivity index (χ2v) is 14.6. The van der Waals surface area contributed by atoms with Gasteiger partial charge in [-0.15, -0.1) is 0 Å². The predicted octanol–water partition coefficient (Wildman–Crippen LogP) is 7.05. The minimum Gasteiger partial charge on any atom is -0.350 e. The van der Waals surface area contributed by atoms with E-state index in [1.165, 1.54) is 35.2 Å². The summed E-state index contributed by atoms with van der Waals surface area (Å²) >= 11 is 12.5. The van der Waals surface area contributed by atoms with Crippen molar-refractivity contribution in [3.05, 3.63) is 130 Å². The normalized spacial score (nSPS) is 12.3. The van der Waals surface area contributed by atoms with Crippen molar-refractivity contribution in [2.75, 3.05) is 10.8 Å². The first-order valence-electron chi connectivity index (χ1n) is 14.5. The average molecular weight is 667 g/mol. The molecule has 4 aromatic carbocycles. The molecular formula is C35H37Cl2N3O4S. The van der Waals surface area contributed by atoms with E-state index in [1.807, 2.05) is 82.3 Å². The zero-order chi connectivity index (χ0) is 32.8. The number of rotatable bonds is 11. The van der Waals surface area contributed by atoms with Crippen LogP contribution in [-0.4, -0.2) is 43.3 Å². The van der Waals surface area contributed by atoms with Crippen LogP contribution in [0.5, 0.6) is 0 Å². The lowest BCUT2D eigenvalue weighted by molar-refractivity contribution is -0.140. The summed E-state index contributed by atoms with van der Waals surface area (Å²) in [6, 6.07) is 28.4. The smallest absolute Gasteiger partial charge is 0.264 e. The van der Waals surface area contributed by atoms with Crippen molar-refractivity contribution in [2.45, 2.75) is 57.1 Å². The summed E-state index contributed by atoms with van der Waals surface area (Å²) in [6.07, 6.45) is 0.221. The lowest BCUT2D eigenvalue weighted by Crippen LogP contribution is -2.56. The van der Waals surface area contributed by atoms with Crippen molar-refractivity contribution >= 4 is 50.7 Å². The van der Waals surface area contributed by atoms with E-state index < -0.39 is 34.1 Å². The fourth-order valence-corrected chi connectivity index (χ4v) is 6.51. The number of halogens is 2. The number of carbonyl (C=O) groups is 2. The third kappa shape index (κ3) is 9.10. The van der Waals surface area contributed by atoms with Crippen LogP contribution in [0.4, 0.5) is 5.69 Å². The van der Waals surface area contributed by atoms with E-state index in [4.69, 9.17) is 23.2 Å². The number of aryl methyl sites for hydroxylation is 1. The summed E-state index contributed by atoms with van der Waals surface area (Å²) in [5.74, 6) is -0.912. The van der Waals surface area contributed by atoms with E-state index in [9.17, 15) is 18.0 Å². The van der Waals surface area contributed by atoms with Gasteiger partial charge in [0.2, 0.25) is 11.8 Å². The van der Waals surface area contributed by atoms with Gasteiger partial charge in [-0.3, -0.25) is 13.9 Å². The molecule has 4 rings (SSSR count). The molecule has 0 aliphatic rings. The van der Waals surface area contributed by atoms with Crippen LogP contribution in [0.3, 0.4) is 0 Å². The molecule has 45 heavy (non-hydrogen) atoms. The van der Waals surface area contributed by atoms with Crippen molar-refractivity contribution in [3.63, 3.8) is 0 Å². The second-order valence-electron chi connectivity index (χ2n) is 11.9. The van der Waals surface area contributed by atoms with Gasteiger partial charge >= 0.3 is 0 Å². The molecule has 7 nitrogen and oxygen atoms in total. The number of amides is 2. The second kappa shape index (κ2) is 14.5. The summed E-state index contributed by atoms with van der Waals surface area (Å²) in [5.41, 5.74) is 2.28. The lowest BCUT2D eigenvalue weighted by Gasteiger charge is -2.35. The first kappa shape index (κ1) is 34.0. The predicted molar refractivity (Wildman–Crippen MR) is 181 cm³/mol. The summed E-state index contributed by atoms with van der Waals surface area (Å²) in [4.78, 5) is 29.9. The Morgan fingerprint density at radius 1 is 0.800 bits per heavy atom. The molecule has 0 fully saturated rings. The van der Waals surface area contributed by atoms with Crippen molar-refractivity contribution in [2.24, 2.45) is 0 Å². The highest BCUT2D eigenvalue weighted by Gasteiger charge is 2.35. The Morgan fingerprint density at radius 3 is 1.98 bits per heavy atom. The van der Waals surface area contributed by atoms with E-state index in [0.717, 1.165) is 21.0 Å². The monoisotopic (exact) mass is 665 g/mol. The summed E-state index contributed by atoms with van der Waals surface area (Å²) in [6.45, 7) is 7.06. The molecule has 0 spiro atoms. The molecule has 0 aromatic heterocycles. The van der Waals surface area contributed by atoms with Gasteiger partial charge in [0.25, 0.3) is 10.0 Å². The van der Waals surface area contributed by atoms with Crippen LogP contribution in [0.25, 0.3) is 0 Å². The van der Waals surface area contributed by atoms with Gasteiger partial charge in [0, 0.05) is 18.5 Å². The van der Waals surface area contributed by atoms with Crippen molar-refractivity contribution in [1.82, 2.24) is 10.2 Å². The first-order chi connectivity index (χ1) is 21.2. The molecule has 4 aromatic rings. The molecule has 0 saturated carbocycles. The molecule has 0 saturated heterocycles. The van der Waals surface area contributed by atoms with Crippen molar-refractivity contribution in [1.29, 1.82) is 0 Å². The largest absolute Gasteiger partial charge is 0.350 e. The van der Waals surface area contributed by atoms with E-state index in [1.54, 1.807) is 18.2 Å². The number of nitrogens with one attached hydrogen (secondary N) is 1. The maximum atomic E-state index is 14.5. The molecule has 0 heterocycles. The van der Waals surface area contributed by atoms with Crippen molar-refractivity contribution in [3.8, 4) is 0 Å². The minimum atomic E-state index is -4.24. The highest BCUT2D eigenvalue weighted by molar-refractivity contribution is 7.92. The van der Waals surface area contributed by atoms with Crippen LogP contribution in [0.2, 0.25) is 10.0 Å². The number of hydrogen-bond acceptors (Lipinski definition) is 4. The van der Waals surface area contributed by atoms with E-state index in [2.05, 4.69) is 5.32 Å². The molecule has 236 valence electrons. The molecular weight excluding hydrogens is 629 g/mol. The minimum absolute atomic E-state index is 0.000248. The van der Waals surface area contributed by atoms with Gasteiger partial charge < -0.3 is 10.2 Å². The van der Waals surface area contributed by atoms with Gasteiger partial charge in [-0.2, -0.15) is 0 Å². The third-order valence-electron chi connectivity index (χ3n) is 7.04. The van der Waals surface area contributed by atoms with Crippen LogP contribution in [0.15, 0.2) is 108 Å². The fourth-order valence-electron chi connectivity index (χ4n) is 4.79. The molecule has 2 amide bonds.